The Morgan fingerprint density at radius 1 is 1.32 bits per heavy atom. The molecule has 4 nitrogen and oxygen atoms in total. The maximum absolute atomic E-state index is 5.16. The molecule has 1 aromatic heterocycles. The van der Waals surface area contributed by atoms with E-state index in [1.54, 1.807) is 7.11 Å². The number of hydrogen-bond acceptors (Lipinski definition) is 3. The molecule has 1 N–H and O–H groups in total. The maximum atomic E-state index is 5.16. The number of rotatable bonds is 6. The van der Waals surface area contributed by atoms with Crippen LogP contribution < -0.4 is 10.1 Å². The van der Waals surface area contributed by atoms with Gasteiger partial charge in [0.25, 0.3) is 0 Å². The number of hydrogen-bond donors (Lipinski definition) is 1. The lowest BCUT2D eigenvalue weighted by Crippen LogP contribution is -2.21. The van der Waals surface area contributed by atoms with E-state index in [9.17, 15) is 0 Å². The van der Waals surface area contributed by atoms with Crippen molar-refractivity contribution in [2.24, 2.45) is 7.05 Å². The molecule has 0 bridgehead atoms. The fourth-order valence-corrected chi connectivity index (χ4v) is 2.02. The molecule has 1 aromatic carbocycles. The molecule has 2 aromatic rings. The average Bonchev–Trinajstić information content (AvgIpc) is 2.84. The van der Waals surface area contributed by atoms with Crippen molar-refractivity contribution in [3.63, 3.8) is 0 Å². The number of aromatic nitrogens is 2. The summed E-state index contributed by atoms with van der Waals surface area (Å²) in [6.07, 6.45) is 4.84. The molecule has 0 aliphatic heterocycles. The number of benzene rings is 1. The van der Waals surface area contributed by atoms with Crippen LogP contribution in [0.15, 0.2) is 36.8 Å². The summed E-state index contributed by atoms with van der Waals surface area (Å²) in [6.45, 7) is 3.09. The van der Waals surface area contributed by atoms with Crippen LogP contribution in [0.4, 0.5) is 0 Å². The fraction of sp³-hybridized carbons (Fsp3) is 0.400. The molecule has 0 aliphatic rings. The van der Waals surface area contributed by atoms with Gasteiger partial charge in [0.15, 0.2) is 0 Å². The van der Waals surface area contributed by atoms with Crippen LogP contribution in [-0.4, -0.2) is 23.2 Å². The Morgan fingerprint density at radius 2 is 2.05 bits per heavy atom. The van der Waals surface area contributed by atoms with Gasteiger partial charge in [0.1, 0.15) is 5.75 Å². The molecule has 0 spiro atoms. The molecular formula is C15H21N3O. The standard InChI is InChI=1S/C15H21N3O/c1-12(13-4-6-15(19-3)7-5-13)16-9-8-14-10-18(2)11-17-14/h4-7,10-12,16H,8-9H2,1-3H3/t12-/m0/s1. The molecule has 0 saturated heterocycles. The highest BCUT2D eigenvalue weighted by Gasteiger charge is 2.05. The topological polar surface area (TPSA) is 39.1 Å². The molecular weight excluding hydrogens is 238 g/mol. The second-order valence-electron chi connectivity index (χ2n) is 4.73. The van der Waals surface area contributed by atoms with Crippen LogP contribution in [0.25, 0.3) is 0 Å². The van der Waals surface area contributed by atoms with Gasteiger partial charge in [0, 0.05) is 32.3 Å². The molecule has 0 fully saturated rings. The van der Waals surface area contributed by atoms with Gasteiger partial charge in [-0.25, -0.2) is 4.98 Å². The molecule has 0 unspecified atom stereocenters. The Bertz CT molecular complexity index is 504. The average molecular weight is 259 g/mol. The molecule has 1 atom stereocenters. The summed E-state index contributed by atoms with van der Waals surface area (Å²) < 4.78 is 7.13. The number of methoxy groups -OCH3 is 1. The third-order valence-corrected chi connectivity index (χ3v) is 3.21. The van der Waals surface area contributed by atoms with Crippen molar-refractivity contribution in [3.05, 3.63) is 48.0 Å². The van der Waals surface area contributed by atoms with Crippen molar-refractivity contribution in [1.82, 2.24) is 14.9 Å². The van der Waals surface area contributed by atoms with E-state index < -0.39 is 0 Å². The van der Waals surface area contributed by atoms with Gasteiger partial charge in [-0.2, -0.15) is 0 Å². The summed E-state index contributed by atoms with van der Waals surface area (Å²) >= 11 is 0. The smallest absolute Gasteiger partial charge is 0.118 e. The summed E-state index contributed by atoms with van der Waals surface area (Å²) in [5.41, 5.74) is 2.39. The lowest BCUT2D eigenvalue weighted by Gasteiger charge is -2.14. The van der Waals surface area contributed by atoms with Crippen molar-refractivity contribution >= 4 is 0 Å². The van der Waals surface area contributed by atoms with Gasteiger partial charge in [0.05, 0.1) is 19.1 Å². The van der Waals surface area contributed by atoms with Crippen LogP contribution in [0.3, 0.4) is 0 Å². The van der Waals surface area contributed by atoms with Gasteiger partial charge >= 0.3 is 0 Å². The van der Waals surface area contributed by atoms with E-state index in [0.29, 0.717) is 6.04 Å². The Kier molecular flexibility index (Phi) is 4.58. The van der Waals surface area contributed by atoms with Gasteiger partial charge < -0.3 is 14.6 Å². The van der Waals surface area contributed by atoms with Crippen molar-refractivity contribution in [2.45, 2.75) is 19.4 Å². The fourth-order valence-electron chi connectivity index (χ4n) is 2.02. The zero-order valence-corrected chi connectivity index (χ0v) is 11.8. The summed E-state index contributed by atoms with van der Waals surface area (Å²) in [5.74, 6) is 0.893. The first-order chi connectivity index (χ1) is 9.19. The first-order valence-corrected chi connectivity index (χ1v) is 6.53. The number of aryl methyl sites for hydroxylation is 1. The quantitative estimate of drug-likeness (QED) is 0.865. The van der Waals surface area contributed by atoms with Gasteiger partial charge in [-0.15, -0.1) is 0 Å². The van der Waals surface area contributed by atoms with Crippen molar-refractivity contribution in [3.8, 4) is 5.75 Å². The number of ether oxygens (including phenoxy) is 1. The molecule has 0 radical (unpaired) electrons. The van der Waals surface area contributed by atoms with E-state index in [1.807, 2.05) is 30.1 Å². The van der Waals surface area contributed by atoms with Crippen LogP contribution >= 0.6 is 0 Å². The van der Waals surface area contributed by atoms with Crippen molar-refractivity contribution < 1.29 is 4.74 Å². The number of nitrogens with zero attached hydrogens (tertiary/aromatic N) is 2. The minimum absolute atomic E-state index is 0.328. The van der Waals surface area contributed by atoms with Crippen molar-refractivity contribution in [1.29, 1.82) is 0 Å². The molecule has 4 heteroatoms. The Balaban J connectivity index is 1.81. The molecule has 102 valence electrons. The zero-order valence-electron chi connectivity index (χ0n) is 11.8. The van der Waals surface area contributed by atoms with E-state index in [0.717, 1.165) is 24.4 Å². The van der Waals surface area contributed by atoms with Crippen molar-refractivity contribution in [2.75, 3.05) is 13.7 Å². The molecule has 0 saturated carbocycles. The van der Waals surface area contributed by atoms with Crippen LogP contribution in [0.1, 0.15) is 24.2 Å². The van der Waals surface area contributed by atoms with Gasteiger partial charge in [-0.05, 0) is 24.6 Å². The number of nitrogens with one attached hydrogen (secondary N) is 1. The molecule has 1 heterocycles. The lowest BCUT2D eigenvalue weighted by molar-refractivity contribution is 0.414. The third-order valence-electron chi connectivity index (χ3n) is 3.21. The summed E-state index contributed by atoms with van der Waals surface area (Å²) in [5, 5.41) is 3.50. The maximum Gasteiger partial charge on any atom is 0.118 e. The highest BCUT2D eigenvalue weighted by atomic mass is 16.5. The summed E-state index contributed by atoms with van der Waals surface area (Å²) in [6, 6.07) is 8.50. The second-order valence-corrected chi connectivity index (χ2v) is 4.73. The Hall–Kier alpha value is -1.81. The second kappa shape index (κ2) is 6.38. The summed E-state index contributed by atoms with van der Waals surface area (Å²) in [7, 11) is 3.67. The zero-order chi connectivity index (χ0) is 13.7. The van der Waals surface area contributed by atoms with Gasteiger partial charge in [0.2, 0.25) is 0 Å². The minimum Gasteiger partial charge on any atom is -0.497 e. The highest BCUT2D eigenvalue weighted by Crippen LogP contribution is 2.17. The van der Waals surface area contributed by atoms with Gasteiger partial charge in [-0.3, -0.25) is 0 Å². The third kappa shape index (κ3) is 3.83. The van der Waals surface area contributed by atoms with E-state index >= 15 is 0 Å². The van der Waals surface area contributed by atoms with E-state index in [2.05, 4.69) is 35.6 Å². The minimum atomic E-state index is 0.328. The monoisotopic (exact) mass is 259 g/mol. The predicted molar refractivity (Wildman–Crippen MR) is 76.3 cm³/mol. The van der Waals surface area contributed by atoms with Crippen LogP contribution in [-0.2, 0) is 13.5 Å². The number of imidazole rings is 1. The van der Waals surface area contributed by atoms with Crippen LogP contribution in [0.5, 0.6) is 5.75 Å². The van der Waals surface area contributed by atoms with Crippen LogP contribution in [0, 0.1) is 0 Å². The lowest BCUT2D eigenvalue weighted by atomic mass is 10.1. The van der Waals surface area contributed by atoms with E-state index in [-0.39, 0.29) is 0 Å². The predicted octanol–water partition coefficient (Wildman–Crippen LogP) is 2.32. The molecule has 0 amide bonds. The van der Waals surface area contributed by atoms with Gasteiger partial charge in [-0.1, -0.05) is 12.1 Å². The van der Waals surface area contributed by atoms with E-state index in [4.69, 9.17) is 4.74 Å². The van der Waals surface area contributed by atoms with Crippen LogP contribution in [0.2, 0.25) is 0 Å². The Morgan fingerprint density at radius 3 is 2.63 bits per heavy atom. The van der Waals surface area contributed by atoms with E-state index in [1.165, 1.54) is 5.56 Å². The largest absolute Gasteiger partial charge is 0.497 e. The Labute approximate surface area is 114 Å². The molecule has 19 heavy (non-hydrogen) atoms. The molecule has 0 aliphatic carbocycles. The first-order valence-electron chi connectivity index (χ1n) is 6.53. The SMILES string of the molecule is COc1ccc([C@H](C)NCCc2cn(C)cn2)cc1. The molecule has 2 rings (SSSR count). The summed E-state index contributed by atoms with van der Waals surface area (Å²) in [4.78, 5) is 4.31. The highest BCUT2D eigenvalue weighted by molar-refractivity contribution is 5.28. The first kappa shape index (κ1) is 13.6. The normalized spacial score (nSPS) is 12.4.